The van der Waals surface area contributed by atoms with Gasteiger partial charge < -0.3 is 0 Å². The minimum atomic E-state index is -1.10. The largest absolute Gasteiger partial charge is 0.293 e. The second-order valence-corrected chi connectivity index (χ2v) is 5.17. The highest BCUT2D eigenvalue weighted by molar-refractivity contribution is 8.00. The van der Waals surface area contributed by atoms with E-state index < -0.39 is 17.4 Å². The van der Waals surface area contributed by atoms with Crippen molar-refractivity contribution in [3.8, 4) is 0 Å². The molecule has 0 aliphatic rings. The zero-order chi connectivity index (χ0) is 13.8. The highest BCUT2D eigenvalue weighted by Crippen LogP contribution is 2.27. The van der Waals surface area contributed by atoms with Gasteiger partial charge in [-0.15, -0.1) is 11.8 Å². The lowest BCUT2D eigenvalue weighted by atomic mass is 10.1. The Bertz CT molecular complexity index is 616. The lowest BCUT2D eigenvalue weighted by molar-refractivity contribution is 0.101. The van der Waals surface area contributed by atoms with Gasteiger partial charge in [0, 0.05) is 4.90 Å². The number of carbonyl (C=O) groups is 1. The van der Waals surface area contributed by atoms with Crippen LogP contribution in [0.15, 0.2) is 47.4 Å². The van der Waals surface area contributed by atoms with E-state index in [2.05, 4.69) is 0 Å². The second-order valence-electron chi connectivity index (χ2n) is 3.74. The molecule has 0 aromatic heterocycles. The summed E-state index contributed by atoms with van der Waals surface area (Å²) in [6.45, 7) is 0. The lowest BCUT2D eigenvalue weighted by Crippen LogP contribution is -2.06. The molecule has 5 heteroatoms. The normalized spacial score (nSPS) is 10.5. The fourth-order valence-corrected chi connectivity index (χ4v) is 2.62. The first-order chi connectivity index (χ1) is 9.09. The SMILES string of the molecule is O=C(CSc1ccccc1Cl)c1cccc(F)c1F. The summed E-state index contributed by atoms with van der Waals surface area (Å²) in [5, 5.41) is 0.528. The Morgan fingerprint density at radius 2 is 1.84 bits per heavy atom. The van der Waals surface area contributed by atoms with Gasteiger partial charge in [-0.3, -0.25) is 4.79 Å². The van der Waals surface area contributed by atoms with Gasteiger partial charge in [-0.2, -0.15) is 0 Å². The van der Waals surface area contributed by atoms with E-state index in [-0.39, 0.29) is 11.3 Å². The topological polar surface area (TPSA) is 17.1 Å². The standard InChI is InChI=1S/C14H9ClF2OS/c15-10-5-1-2-7-13(10)19-8-12(18)9-4-3-6-11(16)14(9)17/h1-7H,8H2. The van der Waals surface area contributed by atoms with Crippen molar-refractivity contribution in [2.45, 2.75) is 4.90 Å². The van der Waals surface area contributed by atoms with Crippen LogP contribution in [-0.2, 0) is 0 Å². The summed E-state index contributed by atoms with van der Waals surface area (Å²) < 4.78 is 26.4. The van der Waals surface area contributed by atoms with Crippen LogP contribution in [-0.4, -0.2) is 11.5 Å². The molecule has 0 spiro atoms. The molecule has 0 aliphatic carbocycles. The number of Topliss-reactive ketones (excluding diaryl/α,β-unsaturated/α-hetero) is 1. The average molecular weight is 299 g/mol. The van der Waals surface area contributed by atoms with Crippen LogP contribution in [0.3, 0.4) is 0 Å². The van der Waals surface area contributed by atoms with Crippen LogP contribution in [0.25, 0.3) is 0 Å². The van der Waals surface area contributed by atoms with Crippen LogP contribution in [0.5, 0.6) is 0 Å². The van der Waals surface area contributed by atoms with E-state index in [4.69, 9.17) is 11.6 Å². The summed E-state index contributed by atoms with van der Waals surface area (Å²) in [6.07, 6.45) is 0. The van der Waals surface area contributed by atoms with Crippen molar-refractivity contribution < 1.29 is 13.6 Å². The predicted octanol–water partition coefficient (Wildman–Crippen LogP) is 4.59. The first-order valence-corrected chi connectivity index (χ1v) is 6.80. The van der Waals surface area contributed by atoms with Gasteiger partial charge >= 0.3 is 0 Å². The molecule has 2 aromatic carbocycles. The van der Waals surface area contributed by atoms with E-state index in [1.165, 1.54) is 23.9 Å². The van der Waals surface area contributed by atoms with Crippen molar-refractivity contribution in [2.24, 2.45) is 0 Å². The van der Waals surface area contributed by atoms with Gasteiger partial charge in [0.2, 0.25) is 0 Å². The molecular weight excluding hydrogens is 290 g/mol. The quantitative estimate of drug-likeness (QED) is 0.606. The number of hydrogen-bond donors (Lipinski definition) is 0. The van der Waals surface area contributed by atoms with Gasteiger partial charge in [0.15, 0.2) is 17.4 Å². The molecular formula is C14H9ClF2OS. The molecule has 0 saturated carbocycles. The first kappa shape index (κ1) is 14.0. The smallest absolute Gasteiger partial charge is 0.176 e. The maximum atomic E-state index is 13.4. The van der Waals surface area contributed by atoms with Crippen LogP contribution >= 0.6 is 23.4 Å². The van der Waals surface area contributed by atoms with Gasteiger partial charge in [0.05, 0.1) is 16.3 Å². The summed E-state index contributed by atoms with van der Waals surface area (Å²) in [4.78, 5) is 12.6. The Balaban J connectivity index is 2.10. The first-order valence-electron chi connectivity index (χ1n) is 5.44. The van der Waals surface area contributed by atoms with Crippen LogP contribution in [0.4, 0.5) is 8.78 Å². The number of benzene rings is 2. The minimum absolute atomic E-state index is 0.00407. The summed E-state index contributed by atoms with van der Waals surface area (Å²) in [5.74, 6) is -2.59. The molecule has 0 aliphatic heterocycles. The molecule has 2 rings (SSSR count). The molecule has 0 saturated heterocycles. The van der Waals surface area contributed by atoms with Crippen LogP contribution < -0.4 is 0 Å². The maximum Gasteiger partial charge on any atom is 0.176 e. The molecule has 0 heterocycles. The molecule has 98 valence electrons. The van der Waals surface area contributed by atoms with E-state index in [0.29, 0.717) is 5.02 Å². The molecule has 0 radical (unpaired) electrons. The Hall–Kier alpha value is -1.39. The Morgan fingerprint density at radius 1 is 1.11 bits per heavy atom. The Kier molecular flexibility index (Phi) is 4.56. The summed E-state index contributed by atoms with van der Waals surface area (Å²) in [7, 11) is 0. The Morgan fingerprint density at radius 3 is 2.58 bits per heavy atom. The van der Waals surface area contributed by atoms with Gasteiger partial charge in [-0.1, -0.05) is 29.8 Å². The van der Waals surface area contributed by atoms with Crippen molar-refractivity contribution in [2.75, 3.05) is 5.75 Å². The van der Waals surface area contributed by atoms with Crippen molar-refractivity contribution in [1.82, 2.24) is 0 Å². The zero-order valence-electron chi connectivity index (χ0n) is 9.70. The lowest BCUT2D eigenvalue weighted by Gasteiger charge is -2.04. The third-order valence-electron chi connectivity index (χ3n) is 2.45. The average Bonchev–Trinajstić information content (AvgIpc) is 2.40. The second kappa shape index (κ2) is 6.17. The molecule has 1 nitrogen and oxygen atoms in total. The molecule has 0 atom stereocenters. The van der Waals surface area contributed by atoms with Gasteiger partial charge in [0.1, 0.15) is 0 Å². The molecule has 0 N–H and O–H groups in total. The van der Waals surface area contributed by atoms with Crippen molar-refractivity contribution in [3.63, 3.8) is 0 Å². The van der Waals surface area contributed by atoms with Crippen molar-refractivity contribution in [3.05, 3.63) is 64.7 Å². The van der Waals surface area contributed by atoms with Crippen molar-refractivity contribution in [1.29, 1.82) is 0 Å². The zero-order valence-corrected chi connectivity index (χ0v) is 11.3. The monoisotopic (exact) mass is 298 g/mol. The summed E-state index contributed by atoms with van der Waals surface area (Å²) in [5.41, 5.74) is -0.237. The molecule has 19 heavy (non-hydrogen) atoms. The number of ketones is 1. The van der Waals surface area contributed by atoms with E-state index >= 15 is 0 Å². The van der Waals surface area contributed by atoms with E-state index in [9.17, 15) is 13.6 Å². The van der Waals surface area contributed by atoms with Gasteiger partial charge in [-0.05, 0) is 24.3 Å². The van der Waals surface area contributed by atoms with E-state index in [1.807, 2.05) is 0 Å². The highest BCUT2D eigenvalue weighted by atomic mass is 35.5. The van der Waals surface area contributed by atoms with E-state index in [1.54, 1.807) is 24.3 Å². The minimum Gasteiger partial charge on any atom is -0.293 e. The molecule has 0 unspecified atom stereocenters. The van der Waals surface area contributed by atoms with E-state index in [0.717, 1.165) is 11.0 Å². The molecule has 2 aromatic rings. The Labute approximate surface area is 118 Å². The molecule has 0 fully saturated rings. The number of hydrogen-bond acceptors (Lipinski definition) is 2. The molecule has 0 amide bonds. The summed E-state index contributed by atoms with van der Waals surface area (Å²) in [6, 6.07) is 10.6. The van der Waals surface area contributed by atoms with Crippen LogP contribution in [0, 0.1) is 11.6 Å². The van der Waals surface area contributed by atoms with Crippen LogP contribution in [0.2, 0.25) is 5.02 Å². The van der Waals surface area contributed by atoms with Gasteiger partial charge in [0.25, 0.3) is 0 Å². The number of rotatable bonds is 4. The number of thioether (sulfide) groups is 1. The van der Waals surface area contributed by atoms with Gasteiger partial charge in [-0.25, -0.2) is 8.78 Å². The third-order valence-corrected chi connectivity index (χ3v) is 3.96. The summed E-state index contributed by atoms with van der Waals surface area (Å²) >= 11 is 7.14. The van der Waals surface area contributed by atoms with Crippen molar-refractivity contribution >= 4 is 29.1 Å². The number of carbonyl (C=O) groups excluding carboxylic acids is 1. The maximum absolute atomic E-state index is 13.4. The highest BCUT2D eigenvalue weighted by Gasteiger charge is 2.15. The third kappa shape index (κ3) is 3.33. The fraction of sp³-hybridized carbons (Fsp3) is 0.0714. The number of halogens is 3. The fourth-order valence-electron chi connectivity index (χ4n) is 1.50. The molecule has 0 bridgehead atoms. The van der Waals surface area contributed by atoms with Crippen LogP contribution in [0.1, 0.15) is 10.4 Å². The predicted molar refractivity (Wildman–Crippen MR) is 72.9 cm³/mol.